The fourth-order valence-electron chi connectivity index (χ4n) is 3.48. The standard InChI is InChI=1S/3C7H10N2.C6H9N3/c3*1-5-4-6(2)9-7(3)8-5;1-4-7-5(2)9-6(3)8-4/h3*4H,1-3H3;1-3H3. The second-order valence-electron chi connectivity index (χ2n) is 8.57. The first-order chi connectivity index (χ1) is 16.7. The van der Waals surface area contributed by atoms with Gasteiger partial charge < -0.3 is 0 Å². The molecule has 0 radical (unpaired) electrons. The van der Waals surface area contributed by atoms with Crippen molar-refractivity contribution in [2.24, 2.45) is 0 Å². The number of aromatic nitrogens is 9. The molecule has 192 valence electrons. The lowest BCUT2D eigenvalue weighted by Crippen LogP contribution is -1.97. The summed E-state index contributed by atoms with van der Waals surface area (Å²) in [5.41, 5.74) is 6.25. The summed E-state index contributed by atoms with van der Waals surface area (Å²) >= 11 is 0. The molecular weight excluding hydrogens is 450 g/mol. The first kappa shape index (κ1) is 30.3. The van der Waals surface area contributed by atoms with E-state index in [4.69, 9.17) is 0 Å². The van der Waals surface area contributed by atoms with Gasteiger partial charge in [-0.05, 0) is 101 Å². The first-order valence-electron chi connectivity index (χ1n) is 11.8. The molecule has 0 atom stereocenters. The maximum absolute atomic E-state index is 4.12. The normalized spacial score (nSPS) is 9.67. The Kier molecular flexibility index (Phi) is 12.3. The Hall–Kier alpha value is -3.75. The van der Waals surface area contributed by atoms with E-state index in [0.717, 1.165) is 69.1 Å². The highest BCUT2D eigenvalue weighted by atomic mass is 15.0. The van der Waals surface area contributed by atoms with Crippen LogP contribution in [0.15, 0.2) is 18.2 Å². The second-order valence-corrected chi connectivity index (χ2v) is 8.57. The van der Waals surface area contributed by atoms with Crippen LogP contribution in [-0.4, -0.2) is 44.9 Å². The van der Waals surface area contributed by atoms with Gasteiger partial charge in [-0.25, -0.2) is 44.9 Å². The molecule has 0 N–H and O–H groups in total. The van der Waals surface area contributed by atoms with Gasteiger partial charge >= 0.3 is 0 Å². The molecule has 0 bridgehead atoms. The summed E-state index contributed by atoms with van der Waals surface area (Å²) in [7, 11) is 0. The summed E-state index contributed by atoms with van der Waals surface area (Å²) < 4.78 is 0. The zero-order valence-corrected chi connectivity index (χ0v) is 23.8. The van der Waals surface area contributed by atoms with Gasteiger partial charge in [0.15, 0.2) is 0 Å². The average molecular weight is 490 g/mol. The van der Waals surface area contributed by atoms with Gasteiger partial charge in [-0.2, -0.15) is 0 Å². The molecule has 4 rings (SSSR count). The molecule has 0 aliphatic heterocycles. The monoisotopic (exact) mass is 489 g/mol. The van der Waals surface area contributed by atoms with Crippen LogP contribution in [0.2, 0.25) is 0 Å². The van der Waals surface area contributed by atoms with Crippen molar-refractivity contribution < 1.29 is 0 Å². The predicted octanol–water partition coefficient (Wildman–Crippen LogP) is 5.00. The molecule has 0 saturated heterocycles. The first-order valence-corrected chi connectivity index (χ1v) is 11.8. The molecule has 9 heteroatoms. The van der Waals surface area contributed by atoms with Gasteiger partial charge in [-0.3, -0.25) is 0 Å². The Morgan fingerprint density at radius 1 is 0.250 bits per heavy atom. The summed E-state index contributed by atoms with van der Waals surface area (Å²) in [6.45, 7) is 23.1. The maximum atomic E-state index is 4.12. The highest BCUT2D eigenvalue weighted by Crippen LogP contribution is 1.98. The van der Waals surface area contributed by atoms with Crippen molar-refractivity contribution in [2.45, 2.75) is 83.1 Å². The third kappa shape index (κ3) is 13.2. The minimum absolute atomic E-state index is 0.792. The fraction of sp³-hybridized carbons (Fsp3) is 0.444. The molecule has 0 aliphatic carbocycles. The highest BCUT2D eigenvalue weighted by molar-refractivity contribution is 5.08. The lowest BCUT2D eigenvalue weighted by molar-refractivity contribution is 0.875. The van der Waals surface area contributed by atoms with Crippen LogP contribution in [0.3, 0.4) is 0 Å². The summed E-state index contributed by atoms with van der Waals surface area (Å²) in [6.07, 6.45) is 0. The van der Waals surface area contributed by atoms with Crippen LogP contribution in [0.1, 0.15) is 69.1 Å². The van der Waals surface area contributed by atoms with E-state index in [1.54, 1.807) is 0 Å². The van der Waals surface area contributed by atoms with Gasteiger partial charge in [0, 0.05) is 34.2 Å². The van der Waals surface area contributed by atoms with Crippen molar-refractivity contribution in [2.75, 3.05) is 0 Å². The molecule has 4 aromatic heterocycles. The molecule has 4 heterocycles. The molecule has 0 fully saturated rings. The Labute approximate surface area is 215 Å². The van der Waals surface area contributed by atoms with Crippen LogP contribution < -0.4 is 0 Å². The Balaban J connectivity index is 0.000000240. The lowest BCUT2D eigenvalue weighted by atomic mass is 10.3. The Morgan fingerprint density at radius 2 is 0.389 bits per heavy atom. The smallest absolute Gasteiger partial charge is 0.129 e. The van der Waals surface area contributed by atoms with Crippen LogP contribution in [0.25, 0.3) is 0 Å². The molecule has 0 aliphatic rings. The minimum Gasteiger partial charge on any atom is -0.239 e. The van der Waals surface area contributed by atoms with E-state index in [0.29, 0.717) is 0 Å². The molecule has 36 heavy (non-hydrogen) atoms. The van der Waals surface area contributed by atoms with Gasteiger partial charge in [0.2, 0.25) is 0 Å². The third-order valence-corrected chi connectivity index (χ3v) is 4.25. The summed E-state index contributed by atoms with van der Waals surface area (Å²) in [4.78, 5) is 36.8. The van der Waals surface area contributed by atoms with Crippen molar-refractivity contribution in [3.63, 3.8) is 0 Å². The molecule has 0 spiro atoms. The van der Waals surface area contributed by atoms with E-state index >= 15 is 0 Å². The summed E-state index contributed by atoms with van der Waals surface area (Å²) in [5.74, 6) is 4.94. The number of hydrogen-bond acceptors (Lipinski definition) is 9. The zero-order chi connectivity index (χ0) is 27.4. The molecule has 4 aromatic rings. The van der Waals surface area contributed by atoms with Crippen LogP contribution in [0.4, 0.5) is 0 Å². The van der Waals surface area contributed by atoms with Crippen molar-refractivity contribution in [3.05, 3.63) is 87.3 Å². The Morgan fingerprint density at radius 3 is 0.528 bits per heavy atom. The second kappa shape index (κ2) is 14.6. The van der Waals surface area contributed by atoms with Crippen LogP contribution in [-0.2, 0) is 0 Å². The third-order valence-electron chi connectivity index (χ3n) is 4.25. The minimum atomic E-state index is 0.792. The largest absolute Gasteiger partial charge is 0.239 e. The quantitative estimate of drug-likeness (QED) is 0.336. The van der Waals surface area contributed by atoms with E-state index in [9.17, 15) is 0 Å². The lowest BCUT2D eigenvalue weighted by Gasteiger charge is -1.95. The molecule has 0 aromatic carbocycles. The molecule has 9 nitrogen and oxygen atoms in total. The van der Waals surface area contributed by atoms with Crippen molar-refractivity contribution in [1.29, 1.82) is 0 Å². The van der Waals surface area contributed by atoms with E-state index in [-0.39, 0.29) is 0 Å². The fourth-order valence-corrected chi connectivity index (χ4v) is 3.48. The number of hydrogen-bond donors (Lipinski definition) is 0. The van der Waals surface area contributed by atoms with E-state index in [1.807, 2.05) is 101 Å². The van der Waals surface area contributed by atoms with Crippen molar-refractivity contribution in [3.8, 4) is 0 Å². The average Bonchev–Trinajstić information content (AvgIpc) is 2.64. The zero-order valence-electron chi connectivity index (χ0n) is 23.8. The summed E-state index contributed by atoms with van der Waals surface area (Å²) in [6, 6.07) is 5.90. The number of rotatable bonds is 0. The van der Waals surface area contributed by atoms with Gasteiger partial charge in [0.05, 0.1) is 0 Å². The van der Waals surface area contributed by atoms with Crippen LogP contribution in [0.5, 0.6) is 0 Å². The van der Waals surface area contributed by atoms with E-state index in [2.05, 4.69) is 44.9 Å². The number of nitrogens with zero attached hydrogens (tertiary/aromatic N) is 9. The molecule has 0 amide bonds. The predicted molar refractivity (Wildman–Crippen MR) is 143 cm³/mol. The van der Waals surface area contributed by atoms with Crippen molar-refractivity contribution >= 4 is 0 Å². The van der Waals surface area contributed by atoms with Gasteiger partial charge in [-0.15, -0.1) is 0 Å². The molecular formula is C27H39N9. The molecule has 0 saturated carbocycles. The Bertz CT molecular complexity index is 870. The van der Waals surface area contributed by atoms with E-state index in [1.165, 1.54) is 0 Å². The highest BCUT2D eigenvalue weighted by Gasteiger charge is 1.93. The van der Waals surface area contributed by atoms with E-state index < -0.39 is 0 Å². The van der Waals surface area contributed by atoms with Gasteiger partial charge in [0.1, 0.15) is 34.9 Å². The van der Waals surface area contributed by atoms with Crippen molar-refractivity contribution in [1.82, 2.24) is 44.9 Å². The van der Waals surface area contributed by atoms with Gasteiger partial charge in [-0.1, -0.05) is 0 Å². The van der Waals surface area contributed by atoms with Gasteiger partial charge in [0.25, 0.3) is 0 Å². The maximum Gasteiger partial charge on any atom is 0.129 e. The topological polar surface area (TPSA) is 116 Å². The number of aryl methyl sites for hydroxylation is 12. The SMILES string of the molecule is Cc1cc(C)nc(C)n1.Cc1cc(C)nc(C)n1.Cc1cc(C)nc(C)n1.Cc1nc(C)nc(C)n1. The van der Waals surface area contributed by atoms with Crippen LogP contribution >= 0.6 is 0 Å². The summed E-state index contributed by atoms with van der Waals surface area (Å²) in [5, 5.41) is 0. The van der Waals surface area contributed by atoms with Crippen LogP contribution in [0, 0.1) is 83.1 Å². The molecule has 0 unspecified atom stereocenters.